The molecule has 0 heteroatoms. The van der Waals surface area contributed by atoms with Crippen LogP contribution in [0, 0.1) is 17.8 Å². The number of benzene rings is 1. The molecule has 1 saturated carbocycles. The van der Waals surface area contributed by atoms with Gasteiger partial charge in [0.2, 0.25) is 0 Å². The van der Waals surface area contributed by atoms with Gasteiger partial charge in [-0.15, -0.1) is 0 Å². The Morgan fingerprint density at radius 1 is 0.846 bits per heavy atom. The van der Waals surface area contributed by atoms with Gasteiger partial charge in [0, 0.05) is 0 Å². The maximum Gasteiger partial charge on any atom is -0.0131 e. The van der Waals surface area contributed by atoms with Crippen LogP contribution in [0.15, 0.2) is 36.4 Å². The summed E-state index contributed by atoms with van der Waals surface area (Å²) in [6.45, 7) is 4.63. The molecular formula is C26H40. The standard InChI is InChI=1S/C26H40/c1-3-8-21-12-16-24(17-13-21)26(20-23-10-6-5-7-11-23)25-18-14-22(9-4-2)15-19-25/h5-6,12-13,16-17,22-23,25-26H,3-4,7-11,14-15,18-20H2,1-2H3. The molecule has 0 amide bonds. The second-order valence-corrected chi connectivity index (χ2v) is 9.05. The van der Waals surface area contributed by atoms with Crippen molar-refractivity contribution < 1.29 is 0 Å². The second-order valence-electron chi connectivity index (χ2n) is 9.05. The zero-order valence-corrected chi connectivity index (χ0v) is 17.3. The van der Waals surface area contributed by atoms with Gasteiger partial charge in [-0.05, 0) is 79.7 Å². The fourth-order valence-electron chi connectivity index (χ4n) is 5.54. The normalized spacial score (nSPS) is 27.4. The largest absolute Gasteiger partial charge is 0.0885 e. The monoisotopic (exact) mass is 352 g/mol. The molecule has 0 spiro atoms. The first-order valence-electron chi connectivity index (χ1n) is 11.5. The van der Waals surface area contributed by atoms with E-state index in [1.165, 1.54) is 82.6 Å². The van der Waals surface area contributed by atoms with E-state index in [-0.39, 0.29) is 0 Å². The van der Waals surface area contributed by atoms with Crippen LogP contribution in [0.25, 0.3) is 0 Å². The van der Waals surface area contributed by atoms with Crippen LogP contribution in [0.5, 0.6) is 0 Å². The molecule has 0 radical (unpaired) electrons. The number of rotatable bonds is 8. The Morgan fingerprint density at radius 2 is 1.62 bits per heavy atom. The fourth-order valence-corrected chi connectivity index (χ4v) is 5.54. The first-order chi connectivity index (χ1) is 12.8. The molecule has 2 aliphatic carbocycles. The lowest BCUT2D eigenvalue weighted by Gasteiger charge is -2.36. The first kappa shape index (κ1) is 19.7. The highest BCUT2D eigenvalue weighted by Gasteiger charge is 2.30. The third-order valence-electron chi connectivity index (χ3n) is 7.07. The van der Waals surface area contributed by atoms with Gasteiger partial charge >= 0.3 is 0 Å². The topological polar surface area (TPSA) is 0 Å². The lowest BCUT2D eigenvalue weighted by molar-refractivity contribution is 0.211. The average Bonchev–Trinajstić information content (AvgIpc) is 2.69. The van der Waals surface area contributed by atoms with Gasteiger partial charge in [-0.2, -0.15) is 0 Å². The average molecular weight is 353 g/mol. The van der Waals surface area contributed by atoms with Crippen molar-refractivity contribution in [1.82, 2.24) is 0 Å². The highest BCUT2D eigenvalue weighted by Crippen LogP contribution is 2.44. The van der Waals surface area contributed by atoms with Crippen LogP contribution in [0.1, 0.15) is 102 Å². The van der Waals surface area contributed by atoms with Crippen LogP contribution < -0.4 is 0 Å². The SMILES string of the molecule is CCCc1ccc(C(CC2CC=CCC2)C2CCC(CCC)CC2)cc1. The molecule has 0 aliphatic heterocycles. The first-order valence-corrected chi connectivity index (χ1v) is 11.5. The van der Waals surface area contributed by atoms with Gasteiger partial charge in [-0.3, -0.25) is 0 Å². The molecule has 0 nitrogen and oxygen atoms in total. The highest BCUT2D eigenvalue weighted by molar-refractivity contribution is 5.26. The molecule has 0 N–H and O–H groups in total. The van der Waals surface area contributed by atoms with E-state index in [1.807, 2.05) is 0 Å². The molecule has 1 aromatic carbocycles. The van der Waals surface area contributed by atoms with Crippen molar-refractivity contribution in [1.29, 1.82) is 0 Å². The van der Waals surface area contributed by atoms with E-state index < -0.39 is 0 Å². The zero-order chi connectivity index (χ0) is 18.2. The summed E-state index contributed by atoms with van der Waals surface area (Å²) in [6, 6.07) is 9.78. The Morgan fingerprint density at radius 3 is 2.23 bits per heavy atom. The van der Waals surface area contributed by atoms with Crippen molar-refractivity contribution in [2.24, 2.45) is 17.8 Å². The minimum Gasteiger partial charge on any atom is -0.0885 e. The van der Waals surface area contributed by atoms with Crippen molar-refractivity contribution in [3.63, 3.8) is 0 Å². The lowest BCUT2D eigenvalue weighted by Crippen LogP contribution is -2.23. The molecule has 0 aromatic heterocycles. The van der Waals surface area contributed by atoms with Crippen molar-refractivity contribution in [2.45, 2.75) is 96.8 Å². The summed E-state index contributed by atoms with van der Waals surface area (Å²) < 4.78 is 0. The summed E-state index contributed by atoms with van der Waals surface area (Å²) in [5, 5.41) is 0. The van der Waals surface area contributed by atoms with E-state index in [1.54, 1.807) is 5.56 Å². The van der Waals surface area contributed by atoms with Crippen LogP contribution in [-0.4, -0.2) is 0 Å². The summed E-state index contributed by atoms with van der Waals surface area (Å²) in [6.07, 6.45) is 21.5. The zero-order valence-electron chi connectivity index (χ0n) is 17.3. The highest BCUT2D eigenvalue weighted by atomic mass is 14.3. The van der Waals surface area contributed by atoms with Crippen LogP contribution in [0.4, 0.5) is 0 Å². The Balaban J connectivity index is 1.70. The molecular weight excluding hydrogens is 312 g/mol. The van der Waals surface area contributed by atoms with Crippen LogP contribution >= 0.6 is 0 Å². The second kappa shape index (κ2) is 10.3. The molecule has 2 unspecified atom stereocenters. The molecule has 0 bridgehead atoms. The molecule has 26 heavy (non-hydrogen) atoms. The predicted molar refractivity (Wildman–Crippen MR) is 115 cm³/mol. The Hall–Kier alpha value is -1.04. The Labute approximate surface area is 162 Å². The van der Waals surface area contributed by atoms with Crippen LogP contribution in [-0.2, 0) is 6.42 Å². The van der Waals surface area contributed by atoms with Crippen LogP contribution in [0.2, 0.25) is 0 Å². The van der Waals surface area contributed by atoms with Crippen molar-refractivity contribution >= 4 is 0 Å². The number of aryl methyl sites for hydroxylation is 1. The summed E-state index contributed by atoms with van der Waals surface area (Å²) in [7, 11) is 0. The summed E-state index contributed by atoms with van der Waals surface area (Å²) >= 11 is 0. The number of hydrogen-bond donors (Lipinski definition) is 0. The van der Waals surface area contributed by atoms with Gasteiger partial charge < -0.3 is 0 Å². The number of hydrogen-bond acceptors (Lipinski definition) is 0. The summed E-state index contributed by atoms with van der Waals surface area (Å²) in [5.74, 6) is 3.64. The van der Waals surface area contributed by atoms with E-state index >= 15 is 0 Å². The molecule has 0 heterocycles. The quantitative estimate of drug-likeness (QED) is 0.415. The maximum atomic E-state index is 2.48. The van der Waals surface area contributed by atoms with E-state index in [9.17, 15) is 0 Å². The lowest BCUT2D eigenvalue weighted by atomic mass is 9.69. The Bertz CT molecular complexity index is 530. The molecule has 2 aliphatic rings. The smallest absolute Gasteiger partial charge is 0.0131 e. The van der Waals surface area contributed by atoms with Crippen molar-refractivity contribution in [2.75, 3.05) is 0 Å². The maximum absolute atomic E-state index is 2.48. The third kappa shape index (κ3) is 5.48. The summed E-state index contributed by atoms with van der Waals surface area (Å²) in [4.78, 5) is 0. The van der Waals surface area contributed by atoms with Gasteiger partial charge in [0.25, 0.3) is 0 Å². The minimum atomic E-state index is 0.796. The van der Waals surface area contributed by atoms with Gasteiger partial charge in [0.1, 0.15) is 0 Å². The molecule has 2 atom stereocenters. The van der Waals surface area contributed by atoms with E-state index in [4.69, 9.17) is 0 Å². The molecule has 0 saturated heterocycles. The third-order valence-corrected chi connectivity index (χ3v) is 7.07. The van der Waals surface area contributed by atoms with Crippen molar-refractivity contribution in [3.8, 4) is 0 Å². The molecule has 1 aromatic rings. The van der Waals surface area contributed by atoms with E-state index in [0.717, 1.165) is 23.7 Å². The van der Waals surface area contributed by atoms with Gasteiger partial charge in [-0.1, -0.05) is 82.4 Å². The van der Waals surface area contributed by atoms with Crippen molar-refractivity contribution in [3.05, 3.63) is 47.5 Å². The number of allylic oxidation sites excluding steroid dienone is 2. The van der Waals surface area contributed by atoms with Gasteiger partial charge in [-0.25, -0.2) is 0 Å². The Kier molecular flexibility index (Phi) is 7.84. The summed E-state index contributed by atoms with van der Waals surface area (Å²) in [5.41, 5.74) is 3.15. The molecule has 144 valence electrons. The minimum absolute atomic E-state index is 0.796. The van der Waals surface area contributed by atoms with Gasteiger partial charge in [0.05, 0.1) is 0 Å². The van der Waals surface area contributed by atoms with Crippen LogP contribution in [0.3, 0.4) is 0 Å². The van der Waals surface area contributed by atoms with Gasteiger partial charge in [0.15, 0.2) is 0 Å². The van der Waals surface area contributed by atoms with E-state index in [2.05, 4.69) is 50.3 Å². The van der Waals surface area contributed by atoms with E-state index in [0.29, 0.717) is 0 Å². The molecule has 3 rings (SSSR count). The fraction of sp³-hybridized carbons (Fsp3) is 0.692. The molecule has 1 fully saturated rings. The predicted octanol–water partition coefficient (Wildman–Crippen LogP) is 8.08.